The molecule has 2 aliphatic heterocycles. The second-order valence-corrected chi connectivity index (χ2v) is 9.35. The molecule has 7 nitrogen and oxygen atoms in total. The van der Waals surface area contributed by atoms with E-state index >= 15 is 0 Å². The molecule has 7 heteroatoms. The van der Waals surface area contributed by atoms with E-state index in [1.807, 2.05) is 80.6 Å². The van der Waals surface area contributed by atoms with Gasteiger partial charge in [-0.2, -0.15) is 0 Å². The van der Waals surface area contributed by atoms with Crippen LogP contribution in [0.25, 0.3) is 0 Å². The van der Waals surface area contributed by atoms with Gasteiger partial charge in [0.05, 0.1) is 30.6 Å². The third-order valence-corrected chi connectivity index (χ3v) is 6.75. The smallest absolute Gasteiger partial charge is 0.266 e. The van der Waals surface area contributed by atoms with Crippen LogP contribution < -0.4 is 19.4 Å². The maximum absolute atomic E-state index is 13.9. The Labute approximate surface area is 217 Å². The predicted octanol–water partition coefficient (Wildman–Crippen LogP) is 5.62. The first-order valence-electron chi connectivity index (χ1n) is 12.9. The molecule has 192 valence electrons. The molecular formula is C30H32N2O5. The van der Waals surface area contributed by atoms with Gasteiger partial charge < -0.3 is 9.47 Å². The summed E-state index contributed by atoms with van der Waals surface area (Å²) in [6.07, 6.45) is 1.06. The predicted molar refractivity (Wildman–Crippen MR) is 142 cm³/mol. The van der Waals surface area contributed by atoms with Crippen LogP contribution in [0.15, 0.2) is 72.8 Å². The number of hydroxylamine groups is 1. The molecule has 2 saturated heterocycles. The minimum atomic E-state index is -0.922. The Morgan fingerprint density at radius 1 is 0.838 bits per heavy atom. The van der Waals surface area contributed by atoms with Crippen LogP contribution in [0.1, 0.15) is 43.9 Å². The highest BCUT2D eigenvalue weighted by atomic mass is 16.7. The van der Waals surface area contributed by atoms with Crippen molar-refractivity contribution >= 4 is 23.2 Å². The third kappa shape index (κ3) is 4.67. The van der Waals surface area contributed by atoms with E-state index in [1.165, 1.54) is 4.90 Å². The van der Waals surface area contributed by atoms with Gasteiger partial charge in [-0.25, -0.2) is 9.96 Å². The average molecular weight is 501 g/mol. The molecule has 37 heavy (non-hydrogen) atoms. The lowest BCUT2D eigenvalue weighted by Gasteiger charge is -2.29. The number of anilines is 2. The summed E-state index contributed by atoms with van der Waals surface area (Å²) in [5.74, 6) is -0.0655. The van der Waals surface area contributed by atoms with E-state index in [9.17, 15) is 9.59 Å². The summed E-state index contributed by atoms with van der Waals surface area (Å²) in [6.45, 7) is 7.05. The quantitative estimate of drug-likeness (QED) is 0.280. The van der Waals surface area contributed by atoms with E-state index in [2.05, 4.69) is 6.92 Å². The fourth-order valence-electron chi connectivity index (χ4n) is 5.00. The van der Waals surface area contributed by atoms with Gasteiger partial charge in [0.15, 0.2) is 17.6 Å². The van der Waals surface area contributed by atoms with E-state index in [4.69, 9.17) is 14.3 Å². The molecular weight excluding hydrogens is 468 g/mol. The van der Waals surface area contributed by atoms with E-state index < -0.39 is 18.1 Å². The summed E-state index contributed by atoms with van der Waals surface area (Å²) in [4.78, 5) is 34.9. The molecule has 0 saturated carbocycles. The van der Waals surface area contributed by atoms with Crippen LogP contribution >= 0.6 is 0 Å². The van der Waals surface area contributed by atoms with Crippen LogP contribution in [0, 0.1) is 12.8 Å². The van der Waals surface area contributed by atoms with Crippen molar-refractivity contribution < 1.29 is 23.9 Å². The normalized spacial score (nSPS) is 20.9. The van der Waals surface area contributed by atoms with E-state index in [-0.39, 0.29) is 11.8 Å². The minimum absolute atomic E-state index is 0.273. The lowest BCUT2D eigenvalue weighted by atomic mass is 9.90. The van der Waals surface area contributed by atoms with Crippen molar-refractivity contribution in [3.8, 4) is 11.5 Å². The summed E-state index contributed by atoms with van der Waals surface area (Å²) in [6, 6.07) is 22.2. The van der Waals surface area contributed by atoms with Crippen LogP contribution in [0.5, 0.6) is 11.5 Å². The number of rotatable bonds is 9. The zero-order valence-electron chi connectivity index (χ0n) is 21.4. The van der Waals surface area contributed by atoms with Crippen LogP contribution in [0.2, 0.25) is 0 Å². The topological polar surface area (TPSA) is 68.3 Å². The number of aryl methyl sites for hydroxylation is 1. The number of hydrogen-bond acceptors (Lipinski definition) is 6. The van der Waals surface area contributed by atoms with Crippen molar-refractivity contribution in [2.75, 3.05) is 23.2 Å². The molecule has 3 aromatic carbocycles. The number of nitrogens with zero attached hydrogens (tertiary/aromatic N) is 2. The summed E-state index contributed by atoms with van der Waals surface area (Å²) >= 11 is 0. The van der Waals surface area contributed by atoms with Gasteiger partial charge in [0.1, 0.15) is 5.92 Å². The van der Waals surface area contributed by atoms with E-state index in [1.54, 1.807) is 11.1 Å². The molecule has 2 aliphatic rings. The number of hydrogen-bond donors (Lipinski definition) is 0. The van der Waals surface area contributed by atoms with Gasteiger partial charge in [0.25, 0.3) is 5.91 Å². The number of fused-ring (bicyclic) bond motifs is 1. The third-order valence-electron chi connectivity index (χ3n) is 6.75. The average Bonchev–Trinajstić information content (AvgIpc) is 3.41. The van der Waals surface area contributed by atoms with Gasteiger partial charge in [0, 0.05) is 0 Å². The van der Waals surface area contributed by atoms with E-state index in [0.29, 0.717) is 30.4 Å². The molecule has 5 rings (SSSR count). The molecule has 2 amide bonds. The highest BCUT2D eigenvalue weighted by molar-refractivity contribution is 6.24. The SMILES string of the molecule is CCCCOc1ccc([C@H]2[C@H]3C(=O)N(c4cccc(C)c4)C(=O)[C@@H]3ON2c2ccccc2)cc1OCC. The van der Waals surface area contributed by atoms with Crippen LogP contribution in [-0.4, -0.2) is 31.1 Å². The molecule has 0 unspecified atom stereocenters. The molecule has 0 spiro atoms. The Morgan fingerprint density at radius 3 is 2.35 bits per heavy atom. The van der Waals surface area contributed by atoms with Gasteiger partial charge in [-0.3, -0.25) is 14.4 Å². The molecule has 3 aromatic rings. The zero-order chi connectivity index (χ0) is 25.9. The Kier molecular flexibility index (Phi) is 7.15. The molecule has 0 bridgehead atoms. The number of para-hydroxylation sites is 1. The fourth-order valence-corrected chi connectivity index (χ4v) is 5.00. The van der Waals surface area contributed by atoms with Crippen LogP contribution in [0.4, 0.5) is 11.4 Å². The Bertz CT molecular complexity index is 1280. The summed E-state index contributed by atoms with van der Waals surface area (Å²) in [5, 5.41) is 1.70. The van der Waals surface area contributed by atoms with Gasteiger partial charge in [0.2, 0.25) is 5.91 Å². The second kappa shape index (κ2) is 10.6. The minimum Gasteiger partial charge on any atom is -0.490 e. The lowest BCUT2D eigenvalue weighted by molar-refractivity contribution is -0.126. The highest BCUT2D eigenvalue weighted by Gasteiger charge is 2.60. The van der Waals surface area contributed by atoms with Gasteiger partial charge in [-0.05, 0) is 67.8 Å². The monoisotopic (exact) mass is 500 g/mol. The molecule has 0 aliphatic carbocycles. The number of amides is 2. The highest BCUT2D eigenvalue weighted by Crippen LogP contribution is 2.48. The van der Waals surface area contributed by atoms with Crippen molar-refractivity contribution in [2.24, 2.45) is 5.92 Å². The number of carbonyl (C=O) groups is 2. The Balaban J connectivity index is 1.55. The number of benzene rings is 3. The molecule has 3 atom stereocenters. The standard InChI is InChI=1S/C30H32N2O5/c1-4-6-17-36-24-16-15-21(19-25(24)35-5-2)27-26-28(37-32(27)22-12-8-7-9-13-22)30(34)31(29(26)33)23-14-10-11-20(3)18-23/h7-16,18-19,26-28H,4-6,17H2,1-3H3/t26-,27+,28-/m1/s1. The number of unbranched alkanes of at least 4 members (excludes halogenated alkanes) is 1. The zero-order valence-corrected chi connectivity index (χ0v) is 21.4. The first-order valence-corrected chi connectivity index (χ1v) is 12.9. The molecule has 2 heterocycles. The Hall–Kier alpha value is -3.84. The van der Waals surface area contributed by atoms with Gasteiger partial charge >= 0.3 is 0 Å². The van der Waals surface area contributed by atoms with E-state index in [0.717, 1.165) is 29.7 Å². The van der Waals surface area contributed by atoms with Crippen LogP contribution in [0.3, 0.4) is 0 Å². The van der Waals surface area contributed by atoms with Crippen molar-refractivity contribution in [1.29, 1.82) is 0 Å². The molecule has 0 aromatic heterocycles. The van der Waals surface area contributed by atoms with Gasteiger partial charge in [-0.1, -0.05) is 49.7 Å². The molecule has 0 N–H and O–H groups in total. The molecule has 2 fully saturated rings. The second-order valence-electron chi connectivity index (χ2n) is 9.35. The molecule has 0 radical (unpaired) electrons. The summed E-state index contributed by atoms with van der Waals surface area (Å²) < 4.78 is 11.9. The van der Waals surface area contributed by atoms with Gasteiger partial charge in [-0.15, -0.1) is 0 Å². The van der Waals surface area contributed by atoms with Crippen molar-refractivity contribution in [3.05, 3.63) is 83.9 Å². The van der Waals surface area contributed by atoms with Crippen molar-refractivity contribution in [1.82, 2.24) is 0 Å². The maximum atomic E-state index is 13.9. The first kappa shape index (κ1) is 24.8. The summed E-state index contributed by atoms with van der Waals surface area (Å²) in [5.41, 5.74) is 3.12. The fraction of sp³-hybridized carbons (Fsp3) is 0.333. The number of carbonyl (C=O) groups excluding carboxylic acids is 2. The first-order chi connectivity index (χ1) is 18.0. The largest absolute Gasteiger partial charge is 0.490 e. The summed E-state index contributed by atoms with van der Waals surface area (Å²) in [7, 11) is 0. The Morgan fingerprint density at radius 2 is 1.62 bits per heavy atom. The number of imide groups is 1. The van der Waals surface area contributed by atoms with Crippen molar-refractivity contribution in [3.63, 3.8) is 0 Å². The maximum Gasteiger partial charge on any atom is 0.266 e. The van der Waals surface area contributed by atoms with Crippen molar-refractivity contribution in [2.45, 2.75) is 45.8 Å². The lowest BCUT2D eigenvalue weighted by Crippen LogP contribution is -2.37. The van der Waals surface area contributed by atoms with Crippen LogP contribution in [-0.2, 0) is 14.4 Å². The number of ether oxygens (including phenoxy) is 2.